The van der Waals surface area contributed by atoms with Crippen LogP contribution in [0.2, 0.25) is 0 Å². The molecule has 0 spiro atoms. The molecule has 0 aliphatic carbocycles. The maximum absolute atomic E-state index is 15.5. The van der Waals surface area contributed by atoms with Crippen LogP contribution in [0.15, 0.2) is 72.8 Å². The highest BCUT2D eigenvalue weighted by molar-refractivity contribution is 5.74. The number of methoxy groups -OCH3 is 2. The van der Waals surface area contributed by atoms with E-state index in [-0.39, 0.29) is 43.7 Å². The predicted molar refractivity (Wildman–Crippen MR) is 138 cm³/mol. The Balaban J connectivity index is 1.74. The van der Waals surface area contributed by atoms with Crippen molar-refractivity contribution in [3.63, 3.8) is 0 Å². The lowest BCUT2D eigenvalue weighted by atomic mass is 10.0. The van der Waals surface area contributed by atoms with Crippen molar-refractivity contribution in [2.75, 3.05) is 54.2 Å². The molecule has 0 bridgehead atoms. The Kier molecular flexibility index (Phi) is 12.5. The zero-order chi connectivity index (χ0) is 27.0. The Morgan fingerprint density at radius 1 is 0.737 bits per heavy atom. The van der Waals surface area contributed by atoms with Gasteiger partial charge in [-0.3, -0.25) is 4.79 Å². The van der Waals surface area contributed by atoms with Crippen molar-refractivity contribution in [1.82, 2.24) is 0 Å². The van der Waals surface area contributed by atoms with E-state index in [1.54, 1.807) is 14.2 Å². The van der Waals surface area contributed by atoms with Crippen LogP contribution in [-0.4, -0.2) is 60.2 Å². The summed E-state index contributed by atoms with van der Waals surface area (Å²) < 4.78 is 52.9. The molecule has 0 unspecified atom stereocenters. The fourth-order valence-corrected chi connectivity index (χ4v) is 3.48. The van der Waals surface area contributed by atoms with Crippen molar-refractivity contribution in [2.24, 2.45) is 0 Å². The van der Waals surface area contributed by atoms with E-state index in [0.717, 1.165) is 11.1 Å². The average molecular weight is 529 g/mol. The van der Waals surface area contributed by atoms with Crippen molar-refractivity contribution in [3.05, 3.63) is 95.3 Å². The third-order valence-electron chi connectivity index (χ3n) is 5.38. The van der Waals surface area contributed by atoms with E-state index in [9.17, 15) is 4.79 Å². The van der Waals surface area contributed by atoms with Gasteiger partial charge in [0.1, 0.15) is 0 Å². The van der Waals surface area contributed by atoms with Gasteiger partial charge in [-0.2, -0.15) is 0 Å². The molecule has 0 aromatic heterocycles. The van der Waals surface area contributed by atoms with Crippen LogP contribution in [0.1, 0.15) is 22.8 Å². The van der Waals surface area contributed by atoms with Gasteiger partial charge in [0.05, 0.1) is 32.8 Å². The summed E-state index contributed by atoms with van der Waals surface area (Å²) in [5.74, 6) is -1.42. The molecule has 3 aromatic carbocycles. The molecule has 204 valence electrons. The Morgan fingerprint density at radius 2 is 1.29 bits per heavy atom. The van der Waals surface area contributed by atoms with Gasteiger partial charge in [-0.15, -0.1) is 0 Å². The quantitative estimate of drug-likeness (QED) is 0.142. The first kappa shape index (κ1) is 29.1. The number of halogens is 1. The third-order valence-corrected chi connectivity index (χ3v) is 5.38. The molecule has 3 rings (SSSR count). The maximum Gasteiger partial charge on any atom is 0.311 e. The summed E-state index contributed by atoms with van der Waals surface area (Å²) >= 11 is 0. The van der Waals surface area contributed by atoms with E-state index in [1.807, 2.05) is 60.7 Å². The Bertz CT molecular complexity index is 1050. The van der Waals surface area contributed by atoms with Gasteiger partial charge in [0, 0.05) is 19.8 Å². The largest absolute Gasteiger partial charge is 0.464 e. The van der Waals surface area contributed by atoms with Gasteiger partial charge in [0.25, 0.3) is 0 Å². The molecular formula is C29H33FO8. The lowest BCUT2D eigenvalue weighted by Crippen LogP contribution is -2.16. The fraction of sp³-hybridized carbons (Fsp3) is 0.345. The number of hydrogen-bond donors (Lipinski definition) is 0. The van der Waals surface area contributed by atoms with Gasteiger partial charge >= 0.3 is 5.97 Å². The molecule has 0 heterocycles. The molecular weight excluding hydrogens is 495 g/mol. The second-order valence-corrected chi connectivity index (χ2v) is 8.06. The number of esters is 1. The molecule has 0 N–H and O–H groups in total. The van der Waals surface area contributed by atoms with Crippen LogP contribution in [0.25, 0.3) is 0 Å². The summed E-state index contributed by atoms with van der Waals surface area (Å²) in [6.45, 7) is 0.949. The summed E-state index contributed by atoms with van der Waals surface area (Å²) in [5.41, 5.74) is 1.71. The van der Waals surface area contributed by atoms with Crippen molar-refractivity contribution in [3.8, 4) is 11.5 Å². The van der Waals surface area contributed by atoms with Crippen LogP contribution in [-0.2, 0) is 34.9 Å². The van der Waals surface area contributed by atoms with E-state index >= 15 is 4.39 Å². The number of carbonyl (C=O) groups excluding carboxylic acids is 1. The molecule has 0 aliphatic rings. The SMILES string of the molecule is COCCOCOc1ccc(CC(=O)OC(c2ccccc2)c2ccccc2)c(F)c1OCOCCOC. The molecule has 0 atom stereocenters. The molecule has 0 saturated carbocycles. The summed E-state index contributed by atoms with van der Waals surface area (Å²) in [6.07, 6.45) is -0.947. The Hall–Kier alpha value is -3.50. The fourth-order valence-electron chi connectivity index (χ4n) is 3.48. The molecule has 0 fully saturated rings. The summed E-state index contributed by atoms with van der Waals surface area (Å²) in [4.78, 5) is 13.0. The van der Waals surface area contributed by atoms with Crippen molar-refractivity contribution < 1.29 is 42.3 Å². The highest BCUT2D eigenvalue weighted by Crippen LogP contribution is 2.34. The minimum atomic E-state index is -0.748. The summed E-state index contributed by atoms with van der Waals surface area (Å²) in [5, 5.41) is 0. The second kappa shape index (κ2) is 16.4. The lowest BCUT2D eigenvalue weighted by molar-refractivity contribution is -0.146. The molecule has 38 heavy (non-hydrogen) atoms. The van der Waals surface area contributed by atoms with Gasteiger partial charge in [-0.05, 0) is 17.2 Å². The molecule has 0 aliphatic heterocycles. The van der Waals surface area contributed by atoms with E-state index in [2.05, 4.69) is 0 Å². The number of hydrogen-bond acceptors (Lipinski definition) is 8. The first-order chi connectivity index (χ1) is 18.6. The number of ether oxygens (including phenoxy) is 7. The normalized spacial score (nSPS) is 10.9. The summed E-state index contributed by atoms with van der Waals surface area (Å²) in [6, 6.07) is 21.7. The predicted octanol–water partition coefficient (Wildman–Crippen LogP) is 4.70. The molecule has 9 heteroatoms. The zero-order valence-corrected chi connectivity index (χ0v) is 21.6. The van der Waals surface area contributed by atoms with E-state index in [1.165, 1.54) is 12.1 Å². The van der Waals surface area contributed by atoms with E-state index in [0.29, 0.717) is 19.8 Å². The third kappa shape index (κ3) is 9.11. The topological polar surface area (TPSA) is 81.7 Å². The maximum atomic E-state index is 15.5. The van der Waals surface area contributed by atoms with Crippen LogP contribution >= 0.6 is 0 Å². The van der Waals surface area contributed by atoms with Crippen LogP contribution in [0.5, 0.6) is 11.5 Å². The van der Waals surface area contributed by atoms with Gasteiger partial charge in [0.15, 0.2) is 37.0 Å². The van der Waals surface area contributed by atoms with E-state index in [4.69, 9.17) is 33.2 Å². The van der Waals surface area contributed by atoms with Gasteiger partial charge < -0.3 is 33.2 Å². The van der Waals surface area contributed by atoms with Crippen LogP contribution < -0.4 is 9.47 Å². The Morgan fingerprint density at radius 3 is 1.84 bits per heavy atom. The molecule has 8 nitrogen and oxygen atoms in total. The first-order valence-electron chi connectivity index (χ1n) is 12.1. The minimum absolute atomic E-state index is 0.0921. The van der Waals surface area contributed by atoms with Crippen molar-refractivity contribution >= 4 is 5.97 Å². The van der Waals surface area contributed by atoms with Crippen LogP contribution in [0.3, 0.4) is 0 Å². The Labute approximate surface area is 222 Å². The molecule has 3 aromatic rings. The van der Waals surface area contributed by atoms with Crippen molar-refractivity contribution in [2.45, 2.75) is 12.5 Å². The van der Waals surface area contributed by atoms with Crippen LogP contribution in [0.4, 0.5) is 4.39 Å². The highest BCUT2D eigenvalue weighted by atomic mass is 19.1. The van der Waals surface area contributed by atoms with Crippen LogP contribution in [0, 0.1) is 5.82 Å². The number of carbonyl (C=O) groups is 1. The van der Waals surface area contributed by atoms with Gasteiger partial charge in [0.2, 0.25) is 0 Å². The lowest BCUT2D eigenvalue weighted by Gasteiger charge is -2.20. The monoisotopic (exact) mass is 528 g/mol. The summed E-state index contributed by atoms with van der Waals surface area (Å²) in [7, 11) is 3.10. The minimum Gasteiger partial charge on any atom is -0.464 e. The standard InChI is InChI=1S/C29H33FO8/c1-32-15-17-34-20-36-25-14-13-24(27(30)29(25)37-21-35-18-16-33-2)19-26(31)38-28(22-9-5-3-6-10-22)23-11-7-4-8-12-23/h3-14,28H,15-21H2,1-2H3. The average Bonchev–Trinajstić information content (AvgIpc) is 2.95. The highest BCUT2D eigenvalue weighted by Gasteiger charge is 2.23. The first-order valence-corrected chi connectivity index (χ1v) is 12.1. The number of rotatable bonds is 17. The molecule has 0 saturated heterocycles. The smallest absolute Gasteiger partial charge is 0.311 e. The second-order valence-electron chi connectivity index (χ2n) is 8.06. The molecule has 0 radical (unpaired) electrons. The molecule has 0 amide bonds. The zero-order valence-electron chi connectivity index (χ0n) is 21.6. The van der Waals surface area contributed by atoms with Crippen molar-refractivity contribution in [1.29, 1.82) is 0 Å². The van der Waals surface area contributed by atoms with Gasteiger partial charge in [-0.25, -0.2) is 4.39 Å². The number of benzene rings is 3. The van der Waals surface area contributed by atoms with Gasteiger partial charge in [-0.1, -0.05) is 66.7 Å². The van der Waals surface area contributed by atoms with E-state index < -0.39 is 17.9 Å².